The van der Waals surface area contributed by atoms with Crippen LogP contribution >= 0.6 is 0 Å². The quantitative estimate of drug-likeness (QED) is 0.902. The molecule has 0 spiro atoms. The van der Waals surface area contributed by atoms with E-state index in [1.54, 1.807) is 24.5 Å². The standard InChI is InChI=1S/C14H15FN2O/c1-10-2-3-13(15)14(6-10)18-12-7-11(4-5-16)8-17-9-12/h2-3,6-9H,4-5,16H2,1H3. The maximum absolute atomic E-state index is 13.5. The van der Waals surface area contributed by atoms with Crippen LogP contribution in [0.1, 0.15) is 11.1 Å². The fourth-order valence-corrected chi connectivity index (χ4v) is 1.64. The van der Waals surface area contributed by atoms with Gasteiger partial charge in [0, 0.05) is 6.20 Å². The number of ether oxygens (including phenoxy) is 1. The SMILES string of the molecule is Cc1ccc(F)c(Oc2cncc(CCN)c2)c1. The molecule has 4 heteroatoms. The van der Waals surface area contributed by atoms with Crippen molar-refractivity contribution >= 4 is 0 Å². The molecule has 3 nitrogen and oxygen atoms in total. The van der Waals surface area contributed by atoms with E-state index in [1.807, 2.05) is 13.0 Å². The molecule has 0 amide bonds. The molecule has 0 radical (unpaired) electrons. The zero-order chi connectivity index (χ0) is 13.0. The normalized spacial score (nSPS) is 10.4. The van der Waals surface area contributed by atoms with Crippen LogP contribution < -0.4 is 10.5 Å². The van der Waals surface area contributed by atoms with Gasteiger partial charge in [0.1, 0.15) is 5.75 Å². The van der Waals surface area contributed by atoms with Gasteiger partial charge in [-0.3, -0.25) is 4.98 Å². The summed E-state index contributed by atoms with van der Waals surface area (Å²) in [4.78, 5) is 4.05. The maximum Gasteiger partial charge on any atom is 0.165 e. The molecule has 0 atom stereocenters. The van der Waals surface area contributed by atoms with Crippen molar-refractivity contribution in [2.75, 3.05) is 6.54 Å². The van der Waals surface area contributed by atoms with Gasteiger partial charge in [-0.1, -0.05) is 6.07 Å². The minimum absolute atomic E-state index is 0.210. The number of hydrogen-bond acceptors (Lipinski definition) is 3. The highest BCUT2D eigenvalue weighted by molar-refractivity contribution is 5.35. The Kier molecular flexibility index (Phi) is 3.89. The van der Waals surface area contributed by atoms with Crippen LogP contribution in [0, 0.1) is 12.7 Å². The van der Waals surface area contributed by atoms with Crippen molar-refractivity contribution in [3.8, 4) is 11.5 Å². The minimum atomic E-state index is -0.384. The summed E-state index contributed by atoms with van der Waals surface area (Å²) >= 11 is 0. The molecule has 0 aliphatic rings. The molecule has 2 rings (SSSR count). The average Bonchev–Trinajstić information content (AvgIpc) is 2.35. The van der Waals surface area contributed by atoms with Crippen LogP contribution in [-0.2, 0) is 6.42 Å². The highest BCUT2D eigenvalue weighted by Crippen LogP contribution is 2.25. The van der Waals surface area contributed by atoms with Gasteiger partial charge >= 0.3 is 0 Å². The van der Waals surface area contributed by atoms with Gasteiger partial charge in [-0.15, -0.1) is 0 Å². The van der Waals surface area contributed by atoms with Crippen molar-refractivity contribution in [1.29, 1.82) is 0 Å². The highest BCUT2D eigenvalue weighted by Gasteiger charge is 2.05. The Balaban J connectivity index is 2.22. The molecule has 2 aromatic rings. The molecule has 1 heterocycles. The monoisotopic (exact) mass is 246 g/mol. The fraction of sp³-hybridized carbons (Fsp3) is 0.214. The molecule has 0 aliphatic carbocycles. The number of hydrogen-bond donors (Lipinski definition) is 1. The Labute approximate surface area is 105 Å². The maximum atomic E-state index is 13.5. The molecular weight excluding hydrogens is 231 g/mol. The van der Waals surface area contributed by atoms with Crippen LogP contribution in [0.3, 0.4) is 0 Å². The van der Waals surface area contributed by atoms with Crippen LogP contribution in [0.2, 0.25) is 0 Å². The Hall–Kier alpha value is -1.94. The number of halogens is 1. The Morgan fingerprint density at radius 2 is 2.11 bits per heavy atom. The van der Waals surface area contributed by atoms with E-state index in [0.717, 1.165) is 17.5 Å². The van der Waals surface area contributed by atoms with E-state index in [-0.39, 0.29) is 11.6 Å². The molecule has 0 saturated carbocycles. The van der Waals surface area contributed by atoms with Crippen molar-refractivity contribution in [3.63, 3.8) is 0 Å². The summed E-state index contributed by atoms with van der Waals surface area (Å²) in [6, 6.07) is 6.57. The molecule has 0 unspecified atom stereocenters. The van der Waals surface area contributed by atoms with Gasteiger partial charge in [-0.25, -0.2) is 4.39 Å². The third-order valence-electron chi connectivity index (χ3n) is 2.52. The minimum Gasteiger partial charge on any atom is -0.453 e. The number of pyridine rings is 1. The Morgan fingerprint density at radius 3 is 2.89 bits per heavy atom. The molecular formula is C14H15FN2O. The zero-order valence-corrected chi connectivity index (χ0v) is 10.2. The smallest absolute Gasteiger partial charge is 0.165 e. The van der Waals surface area contributed by atoms with Crippen molar-refractivity contribution in [1.82, 2.24) is 4.98 Å². The number of nitrogens with two attached hydrogens (primary N) is 1. The van der Waals surface area contributed by atoms with Crippen LogP contribution in [0.4, 0.5) is 4.39 Å². The topological polar surface area (TPSA) is 48.1 Å². The van der Waals surface area contributed by atoms with Gasteiger partial charge in [0.2, 0.25) is 0 Å². The van der Waals surface area contributed by atoms with E-state index >= 15 is 0 Å². The first-order valence-electron chi connectivity index (χ1n) is 5.77. The van der Waals surface area contributed by atoms with Gasteiger partial charge < -0.3 is 10.5 Å². The zero-order valence-electron chi connectivity index (χ0n) is 10.2. The predicted molar refractivity (Wildman–Crippen MR) is 68.2 cm³/mol. The Bertz CT molecular complexity index is 543. The van der Waals surface area contributed by atoms with Crippen molar-refractivity contribution < 1.29 is 9.13 Å². The van der Waals surface area contributed by atoms with Gasteiger partial charge in [-0.05, 0) is 49.2 Å². The lowest BCUT2D eigenvalue weighted by Gasteiger charge is -2.08. The van der Waals surface area contributed by atoms with Gasteiger partial charge in [-0.2, -0.15) is 0 Å². The van der Waals surface area contributed by atoms with E-state index in [1.165, 1.54) is 6.07 Å². The summed E-state index contributed by atoms with van der Waals surface area (Å²) in [6.07, 6.45) is 4.01. The predicted octanol–water partition coefficient (Wildman–Crippen LogP) is 2.82. The summed E-state index contributed by atoms with van der Waals surface area (Å²) in [7, 11) is 0. The third-order valence-corrected chi connectivity index (χ3v) is 2.52. The summed E-state index contributed by atoms with van der Waals surface area (Å²) in [5, 5.41) is 0. The third kappa shape index (κ3) is 3.05. The average molecular weight is 246 g/mol. The number of aryl methyl sites for hydroxylation is 1. The largest absolute Gasteiger partial charge is 0.453 e. The molecule has 1 aromatic heterocycles. The molecule has 1 aromatic carbocycles. The van der Waals surface area contributed by atoms with Gasteiger partial charge in [0.05, 0.1) is 6.20 Å². The van der Waals surface area contributed by atoms with Crippen LogP contribution in [0.5, 0.6) is 11.5 Å². The molecule has 0 saturated heterocycles. The van der Waals surface area contributed by atoms with E-state index in [4.69, 9.17) is 10.5 Å². The number of aromatic nitrogens is 1. The summed E-state index contributed by atoms with van der Waals surface area (Å²) < 4.78 is 19.0. The van der Waals surface area contributed by atoms with Crippen molar-refractivity contribution in [3.05, 3.63) is 53.6 Å². The summed E-state index contributed by atoms with van der Waals surface area (Å²) in [5.41, 5.74) is 7.40. The summed E-state index contributed by atoms with van der Waals surface area (Å²) in [6.45, 7) is 2.43. The lowest BCUT2D eigenvalue weighted by Crippen LogP contribution is -2.03. The first kappa shape index (κ1) is 12.5. The van der Waals surface area contributed by atoms with Crippen molar-refractivity contribution in [2.45, 2.75) is 13.3 Å². The second kappa shape index (κ2) is 5.60. The van der Waals surface area contributed by atoms with E-state index in [2.05, 4.69) is 4.98 Å². The molecule has 18 heavy (non-hydrogen) atoms. The molecule has 0 fully saturated rings. The molecule has 94 valence electrons. The molecule has 0 bridgehead atoms. The summed E-state index contributed by atoms with van der Waals surface area (Å²) in [5.74, 6) is 0.344. The lowest BCUT2D eigenvalue weighted by atomic mass is 10.2. The highest BCUT2D eigenvalue weighted by atomic mass is 19.1. The number of rotatable bonds is 4. The van der Waals surface area contributed by atoms with Crippen molar-refractivity contribution in [2.24, 2.45) is 5.73 Å². The first-order chi connectivity index (χ1) is 8.69. The second-order valence-corrected chi connectivity index (χ2v) is 4.10. The van der Waals surface area contributed by atoms with Crippen LogP contribution in [0.25, 0.3) is 0 Å². The Morgan fingerprint density at radius 1 is 1.28 bits per heavy atom. The molecule has 2 N–H and O–H groups in total. The fourth-order valence-electron chi connectivity index (χ4n) is 1.64. The second-order valence-electron chi connectivity index (χ2n) is 4.10. The van der Waals surface area contributed by atoms with E-state index in [9.17, 15) is 4.39 Å². The molecule has 0 aliphatic heterocycles. The lowest BCUT2D eigenvalue weighted by molar-refractivity contribution is 0.439. The number of benzene rings is 1. The van der Waals surface area contributed by atoms with Crippen LogP contribution in [0.15, 0.2) is 36.7 Å². The van der Waals surface area contributed by atoms with Crippen LogP contribution in [-0.4, -0.2) is 11.5 Å². The number of nitrogens with zero attached hydrogens (tertiary/aromatic N) is 1. The van der Waals surface area contributed by atoms with Gasteiger partial charge in [0.15, 0.2) is 11.6 Å². The van der Waals surface area contributed by atoms with E-state index < -0.39 is 0 Å². The first-order valence-corrected chi connectivity index (χ1v) is 5.77. The van der Waals surface area contributed by atoms with E-state index in [0.29, 0.717) is 12.3 Å². The van der Waals surface area contributed by atoms with Gasteiger partial charge in [0.25, 0.3) is 0 Å².